The molecule has 2 nitrogen and oxygen atoms in total. The number of ether oxygens (including phenoxy) is 1. The van der Waals surface area contributed by atoms with Gasteiger partial charge in [0.25, 0.3) is 0 Å². The second kappa shape index (κ2) is 6.16. The van der Waals surface area contributed by atoms with Gasteiger partial charge in [-0.25, -0.2) is 0 Å². The molecule has 0 aliphatic rings. The van der Waals surface area contributed by atoms with E-state index in [4.69, 9.17) is 4.74 Å². The normalized spacial score (nSPS) is 14.1. The summed E-state index contributed by atoms with van der Waals surface area (Å²) in [7, 11) is 4.17. The van der Waals surface area contributed by atoms with Crippen LogP contribution in [0.3, 0.4) is 0 Å². The Morgan fingerprint density at radius 1 is 1.33 bits per heavy atom. The summed E-state index contributed by atoms with van der Waals surface area (Å²) in [5.41, 5.74) is 0.185. The fourth-order valence-corrected chi connectivity index (χ4v) is 1.08. The van der Waals surface area contributed by atoms with E-state index in [-0.39, 0.29) is 11.5 Å². The first-order valence-corrected chi connectivity index (χ1v) is 5.72. The highest BCUT2D eigenvalue weighted by Crippen LogP contribution is 2.24. The molecule has 0 aromatic carbocycles. The SMILES string of the molecule is C=C(CCCN(C)C)O[C@H](C)C(C)(C)C. The van der Waals surface area contributed by atoms with Gasteiger partial charge in [0, 0.05) is 6.42 Å². The summed E-state index contributed by atoms with van der Waals surface area (Å²) in [5.74, 6) is 0.916. The first-order valence-electron chi connectivity index (χ1n) is 5.72. The van der Waals surface area contributed by atoms with Crippen LogP contribution in [-0.2, 0) is 4.74 Å². The van der Waals surface area contributed by atoms with Crippen LogP contribution in [0.1, 0.15) is 40.5 Å². The third-order valence-corrected chi connectivity index (χ3v) is 2.62. The van der Waals surface area contributed by atoms with Crippen molar-refractivity contribution in [1.29, 1.82) is 0 Å². The predicted octanol–water partition coefficient (Wildman–Crippen LogP) is 3.29. The van der Waals surface area contributed by atoms with Gasteiger partial charge in [-0.3, -0.25) is 0 Å². The second-order valence-electron chi connectivity index (χ2n) is 5.57. The summed E-state index contributed by atoms with van der Waals surface area (Å²) in [4.78, 5) is 2.18. The van der Waals surface area contributed by atoms with Crippen molar-refractivity contribution in [2.24, 2.45) is 5.41 Å². The zero-order valence-corrected chi connectivity index (χ0v) is 11.3. The molecule has 0 unspecified atom stereocenters. The second-order valence-corrected chi connectivity index (χ2v) is 5.57. The summed E-state index contributed by atoms with van der Waals surface area (Å²) in [5, 5.41) is 0. The van der Waals surface area contributed by atoms with E-state index in [0.29, 0.717) is 0 Å². The van der Waals surface area contributed by atoms with Crippen molar-refractivity contribution in [3.8, 4) is 0 Å². The van der Waals surface area contributed by atoms with Crippen molar-refractivity contribution < 1.29 is 4.74 Å². The van der Waals surface area contributed by atoms with Gasteiger partial charge in [0.1, 0.15) is 6.10 Å². The van der Waals surface area contributed by atoms with Gasteiger partial charge < -0.3 is 9.64 Å². The third-order valence-electron chi connectivity index (χ3n) is 2.62. The van der Waals surface area contributed by atoms with Crippen molar-refractivity contribution in [3.05, 3.63) is 12.3 Å². The maximum atomic E-state index is 5.78. The lowest BCUT2D eigenvalue weighted by Gasteiger charge is -2.28. The Balaban J connectivity index is 3.75. The summed E-state index contributed by atoms with van der Waals surface area (Å²) in [6, 6.07) is 0. The number of hydrogen-bond acceptors (Lipinski definition) is 2. The van der Waals surface area contributed by atoms with Crippen molar-refractivity contribution in [2.75, 3.05) is 20.6 Å². The molecule has 0 N–H and O–H groups in total. The first-order chi connectivity index (χ1) is 6.73. The molecule has 0 aliphatic carbocycles. The van der Waals surface area contributed by atoms with Gasteiger partial charge in [-0.1, -0.05) is 27.4 Å². The summed E-state index contributed by atoms with van der Waals surface area (Å²) < 4.78 is 5.78. The highest BCUT2D eigenvalue weighted by molar-refractivity contribution is 4.86. The molecule has 90 valence electrons. The molecule has 0 radical (unpaired) electrons. The quantitative estimate of drug-likeness (QED) is 0.628. The Hall–Kier alpha value is -0.500. The smallest absolute Gasteiger partial charge is 0.100 e. The predicted molar refractivity (Wildman–Crippen MR) is 66.9 cm³/mol. The van der Waals surface area contributed by atoms with Crippen LogP contribution in [0.2, 0.25) is 0 Å². The van der Waals surface area contributed by atoms with Crippen LogP contribution < -0.4 is 0 Å². The van der Waals surface area contributed by atoms with E-state index >= 15 is 0 Å². The molecule has 15 heavy (non-hydrogen) atoms. The molecule has 0 amide bonds. The first kappa shape index (κ1) is 14.5. The van der Waals surface area contributed by atoms with Crippen LogP contribution in [-0.4, -0.2) is 31.6 Å². The van der Waals surface area contributed by atoms with Gasteiger partial charge in [-0.15, -0.1) is 0 Å². The lowest BCUT2D eigenvalue weighted by molar-refractivity contribution is 0.0375. The van der Waals surface area contributed by atoms with E-state index in [1.807, 2.05) is 0 Å². The number of rotatable bonds is 6. The molecule has 0 aromatic rings. The number of nitrogens with zero attached hydrogens (tertiary/aromatic N) is 1. The lowest BCUT2D eigenvalue weighted by atomic mass is 9.90. The van der Waals surface area contributed by atoms with Crippen LogP contribution >= 0.6 is 0 Å². The van der Waals surface area contributed by atoms with E-state index in [0.717, 1.165) is 25.1 Å². The van der Waals surface area contributed by atoms with Gasteiger partial charge in [0.2, 0.25) is 0 Å². The van der Waals surface area contributed by atoms with E-state index in [9.17, 15) is 0 Å². The molecule has 0 rings (SSSR count). The average Bonchev–Trinajstić information content (AvgIpc) is 2.01. The molecular weight excluding hydrogens is 186 g/mol. The van der Waals surface area contributed by atoms with Gasteiger partial charge in [-0.2, -0.15) is 0 Å². The average molecular weight is 213 g/mol. The highest BCUT2D eigenvalue weighted by atomic mass is 16.5. The van der Waals surface area contributed by atoms with Crippen LogP contribution in [0.5, 0.6) is 0 Å². The van der Waals surface area contributed by atoms with Gasteiger partial charge in [-0.05, 0) is 39.4 Å². The third kappa shape index (κ3) is 7.43. The summed E-state index contributed by atoms with van der Waals surface area (Å²) >= 11 is 0. The van der Waals surface area contributed by atoms with E-state index in [2.05, 4.69) is 53.3 Å². The molecular formula is C13H27NO. The van der Waals surface area contributed by atoms with E-state index < -0.39 is 0 Å². The minimum atomic E-state index is 0.185. The molecule has 0 saturated carbocycles. The Labute approximate surface area is 95.3 Å². The minimum Gasteiger partial charge on any atom is -0.495 e. The Morgan fingerprint density at radius 3 is 2.27 bits per heavy atom. The van der Waals surface area contributed by atoms with Gasteiger partial charge in [0.15, 0.2) is 0 Å². The van der Waals surface area contributed by atoms with Crippen LogP contribution in [0, 0.1) is 5.41 Å². The topological polar surface area (TPSA) is 12.5 Å². The molecule has 0 saturated heterocycles. The van der Waals surface area contributed by atoms with Crippen molar-refractivity contribution >= 4 is 0 Å². The zero-order chi connectivity index (χ0) is 12.1. The number of allylic oxidation sites excluding steroid dienone is 1. The molecule has 0 heterocycles. The molecule has 0 spiro atoms. The monoisotopic (exact) mass is 213 g/mol. The fourth-order valence-electron chi connectivity index (χ4n) is 1.08. The Morgan fingerprint density at radius 2 is 1.87 bits per heavy atom. The minimum absolute atomic E-state index is 0.185. The maximum Gasteiger partial charge on any atom is 0.100 e. The van der Waals surface area contributed by atoms with Crippen LogP contribution in [0.15, 0.2) is 12.3 Å². The van der Waals surface area contributed by atoms with Crippen LogP contribution in [0.25, 0.3) is 0 Å². The molecule has 0 fully saturated rings. The van der Waals surface area contributed by atoms with Crippen molar-refractivity contribution in [2.45, 2.75) is 46.6 Å². The van der Waals surface area contributed by atoms with E-state index in [1.165, 1.54) is 0 Å². The Bertz CT molecular complexity index is 191. The lowest BCUT2D eigenvalue weighted by Crippen LogP contribution is -2.25. The highest BCUT2D eigenvalue weighted by Gasteiger charge is 2.21. The molecule has 0 aromatic heterocycles. The standard InChI is InChI=1S/C13H27NO/c1-11(9-8-10-14(6)7)15-12(2)13(3,4)5/h12H,1,8-10H2,2-7H3/t12-/m1/s1. The zero-order valence-electron chi connectivity index (χ0n) is 11.3. The van der Waals surface area contributed by atoms with Crippen molar-refractivity contribution in [3.63, 3.8) is 0 Å². The Kier molecular flexibility index (Phi) is 5.96. The number of hydrogen-bond donors (Lipinski definition) is 0. The molecule has 0 aliphatic heterocycles. The maximum absolute atomic E-state index is 5.78. The van der Waals surface area contributed by atoms with Gasteiger partial charge in [0.05, 0.1) is 5.76 Å². The molecule has 0 bridgehead atoms. The van der Waals surface area contributed by atoms with Crippen molar-refractivity contribution in [1.82, 2.24) is 4.90 Å². The fraction of sp³-hybridized carbons (Fsp3) is 0.846. The summed E-state index contributed by atoms with van der Waals surface area (Å²) in [6.45, 7) is 13.7. The molecule has 2 heteroatoms. The molecule has 1 atom stereocenters. The van der Waals surface area contributed by atoms with Gasteiger partial charge >= 0.3 is 0 Å². The largest absolute Gasteiger partial charge is 0.495 e. The summed E-state index contributed by atoms with van der Waals surface area (Å²) in [6.07, 6.45) is 2.30. The van der Waals surface area contributed by atoms with E-state index in [1.54, 1.807) is 0 Å². The van der Waals surface area contributed by atoms with Crippen LogP contribution in [0.4, 0.5) is 0 Å².